The topological polar surface area (TPSA) is 59.7 Å². The highest BCUT2D eigenvalue weighted by Gasteiger charge is 2.17. The highest BCUT2D eigenvalue weighted by atomic mass is 15.3. The summed E-state index contributed by atoms with van der Waals surface area (Å²) in [4.78, 5) is 15.6. The Morgan fingerprint density at radius 3 is 2.79 bits per heavy atom. The summed E-state index contributed by atoms with van der Waals surface area (Å²) >= 11 is 0. The van der Waals surface area contributed by atoms with Gasteiger partial charge in [0.2, 0.25) is 0 Å². The molecule has 2 heterocycles. The molecule has 2 aromatic rings. The SMILES string of the molecule is CCc1cc(N(CCCn2cncn2)CC2CC=CC2)nc(C)n1. The van der Waals surface area contributed by atoms with Gasteiger partial charge in [-0.05, 0) is 38.5 Å². The van der Waals surface area contributed by atoms with Crippen molar-refractivity contribution in [2.75, 3.05) is 18.0 Å². The van der Waals surface area contributed by atoms with Crippen LogP contribution in [0.5, 0.6) is 0 Å². The lowest BCUT2D eigenvalue weighted by Crippen LogP contribution is -2.31. The maximum atomic E-state index is 4.70. The second-order valence-corrected chi connectivity index (χ2v) is 6.39. The maximum Gasteiger partial charge on any atom is 0.137 e. The van der Waals surface area contributed by atoms with Crippen molar-refractivity contribution in [2.24, 2.45) is 5.92 Å². The molecule has 3 rings (SSSR count). The molecular weight excluding hydrogens is 300 g/mol. The number of allylic oxidation sites excluding steroid dienone is 2. The molecule has 0 fully saturated rings. The smallest absolute Gasteiger partial charge is 0.137 e. The van der Waals surface area contributed by atoms with Gasteiger partial charge in [-0.2, -0.15) is 5.10 Å². The molecule has 2 aromatic heterocycles. The minimum atomic E-state index is 0.691. The van der Waals surface area contributed by atoms with E-state index in [0.29, 0.717) is 5.92 Å². The number of anilines is 1. The van der Waals surface area contributed by atoms with Crippen LogP contribution in [0.25, 0.3) is 0 Å². The fraction of sp³-hybridized carbons (Fsp3) is 0.556. The van der Waals surface area contributed by atoms with Crippen LogP contribution in [0.3, 0.4) is 0 Å². The van der Waals surface area contributed by atoms with Gasteiger partial charge < -0.3 is 4.90 Å². The second kappa shape index (κ2) is 8.04. The average molecular weight is 326 g/mol. The van der Waals surface area contributed by atoms with Crippen molar-refractivity contribution in [3.8, 4) is 0 Å². The maximum absolute atomic E-state index is 4.70. The van der Waals surface area contributed by atoms with Gasteiger partial charge >= 0.3 is 0 Å². The first-order valence-electron chi connectivity index (χ1n) is 8.81. The third kappa shape index (κ3) is 4.40. The summed E-state index contributed by atoms with van der Waals surface area (Å²) in [5.41, 5.74) is 1.11. The van der Waals surface area contributed by atoms with Crippen molar-refractivity contribution >= 4 is 5.82 Å². The summed E-state index contributed by atoms with van der Waals surface area (Å²) in [5.74, 6) is 2.61. The Hall–Kier alpha value is -2.24. The van der Waals surface area contributed by atoms with Crippen molar-refractivity contribution in [3.05, 3.63) is 42.4 Å². The minimum absolute atomic E-state index is 0.691. The molecule has 0 saturated heterocycles. The zero-order valence-corrected chi connectivity index (χ0v) is 14.6. The Labute approximate surface area is 143 Å². The number of aromatic nitrogens is 5. The molecule has 6 heteroatoms. The molecule has 6 nitrogen and oxygen atoms in total. The molecule has 0 spiro atoms. The van der Waals surface area contributed by atoms with Gasteiger partial charge in [0.05, 0.1) is 0 Å². The fourth-order valence-corrected chi connectivity index (χ4v) is 3.16. The number of rotatable bonds is 8. The van der Waals surface area contributed by atoms with Gasteiger partial charge in [0.25, 0.3) is 0 Å². The molecule has 0 unspecified atom stereocenters. The van der Waals surface area contributed by atoms with Gasteiger partial charge in [0.1, 0.15) is 24.3 Å². The quantitative estimate of drug-likeness (QED) is 0.698. The van der Waals surface area contributed by atoms with Gasteiger partial charge in [-0.25, -0.2) is 15.0 Å². The van der Waals surface area contributed by atoms with Crippen LogP contribution in [0.1, 0.15) is 37.7 Å². The van der Waals surface area contributed by atoms with Crippen molar-refractivity contribution in [1.82, 2.24) is 24.7 Å². The highest BCUT2D eigenvalue weighted by Crippen LogP contribution is 2.22. The van der Waals surface area contributed by atoms with Gasteiger partial charge in [0.15, 0.2) is 0 Å². The number of hydrogen-bond donors (Lipinski definition) is 0. The molecule has 0 bridgehead atoms. The van der Waals surface area contributed by atoms with Gasteiger partial charge in [-0.1, -0.05) is 19.1 Å². The molecule has 0 aromatic carbocycles. The molecule has 0 atom stereocenters. The van der Waals surface area contributed by atoms with E-state index in [1.54, 1.807) is 12.7 Å². The molecule has 1 aliphatic rings. The van der Waals surface area contributed by atoms with Crippen molar-refractivity contribution in [1.29, 1.82) is 0 Å². The van der Waals surface area contributed by atoms with Gasteiger partial charge in [-0.15, -0.1) is 0 Å². The van der Waals surface area contributed by atoms with Crippen LogP contribution in [0.4, 0.5) is 5.82 Å². The highest BCUT2D eigenvalue weighted by molar-refractivity contribution is 5.40. The van der Waals surface area contributed by atoms with E-state index in [9.17, 15) is 0 Å². The Kier molecular flexibility index (Phi) is 5.56. The normalized spacial score (nSPS) is 14.4. The van der Waals surface area contributed by atoms with Crippen molar-refractivity contribution in [2.45, 2.75) is 46.1 Å². The van der Waals surface area contributed by atoms with Crippen molar-refractivity contribution in [3.63, 3.8) is 0 Å². The zero-order valence-electron chi connectivity index (χ0n) is 14.6. The molecule has 0 saturated carbocycles. The largest absolute Gasteiger partial charge is 0.356 e. The third-order valence-corrected chi connectivity index (χ3v) is 4.43. The Balaban J connectivity index is 1.69. The van der Waals surface area contributed by atoms with E-state index < -0.39 is 0 Å². The van der Waals surface area contributed by atoms with E-state index in [0.717, 1.165) is 49.8 Å². The minimum Gasteiger partial charge on any atom is -0.356 e. The number of hydrogen-bond acceptors (Lipinski definition) is 5. The molecule has 1 aliphatic carbocycles. The summed E-state index contributed by atoms with van der Waals surface area (Å²) in [7, 11) is 0. The lowest BCUT2D eigenvalue weighted by atomic mass is 10.1. The fourth-order valence-electron chi connectivity index (χ4n) is 3.16. The summed E-state index contributed by atoms with van der Waals surface area (Å²) < 4.78 is 1.89. The Bertz CT molecular complexity index is 656. The molecule has 0 radical (unpaired) electrons. The molecule has 24 heavy (non-hydrogen) atoms. The number of nitrogens with zero attached hydrogens (tertiary/aromatic N) is 6. The predicted molar refractivity (Wildman–Crippen MR) is 94.9 cm³/mol. The lowest BCUT2D eigenvalue weighted by Gasteiger charge is -2.27. The number of aryl methyl sites for hydroxylation is 3. The molecule has 0 aliphatic heterocycles. The summed E-state index contributed by atoms with van der Waals surface area (Å²) in [5, 5.41) is 4.18. The first-order chi connectivity index (χ1) is 11.7. The summed E-state index contributed by atoms with van der Waals surface area (Å²) in [6, 6.07) is 2.14. The summed E-state index contributed by atoms with van der Waals surface area (Å²) in [6.07, 6.45) is 12.2. The van der Waals surface area contributed by atoms with E-state index in [1.807, 2.05) is 11.6 Å². The van der Waals surface area contributed by atoms with Gasteiger partial charge in [-0.3, -0.25) is 4.68 Å². The van der Waals surface area contributed by atoms with Crippen LogP contribution in [-0.4, -0.2) is 37.8 Å². The standard InChI is InChI=1S/C18H26N6/c1-3-17-11-18(22-15(2)21-17)23(12-16-7-4-5-8-16)9-6-10-24-14-19-13-20-24/h4-5,11,13-14,16H,3,6-10,12H2,1-2H3. The first kappa shape index (κ1) is 16.6. The van der Waals surface area contributed by atoms with E-state index >= 15 is 0 Å². The van der Waals surface area contributed by atoms with E-state index in [2.05, 4.69) is 45.1 Å². The molecule has 128 valence electrons. The van der Waals surface area contributed by atoms with E-state index in [1.165, 1.54) is 12.8 Å². The van der Waals surface area contributed by atoms with E-state index in [4.69, 9.17) is 4.98 Å². The monoisotopic (exact) mass is 326 g/mol. The van der Waals surface area contributed by atoms with Crippen molar-refractivity contribution < 1.29 is 0 Å². The lowest BCUT2D eigenvalue weighted by molar-refractivity contribution is 0.516. The van der Waals surface area contributed by atoms with E-state index in [-0.39, 0.29) is 0 Å². The zero-order chi connectivity index (χ0) is 16.8. The molecular formula is C18H26N6. The van der Waals surface area contributed by atoms with Crippen LogP contribution in [0.15, 0.2) is 30.9 Å². The van der Waals surface area contributed by atoms with Crippen LogP contribution < -0.4 is 4.90 Å². The average Bonchev–Trinajstić information content (AvgIpc) is 3.27. The van der Waals surface area contributed by atoms with Crippen LogP contribution in [0, 0.1) is 12.8 Å². The summed E-state index contributed by atoms with van der Waals surface area (Å²) in [6.45, 7) is 7.01. The molecule has 0 amide bonds. The van der Waals surface area contributed by atoms with Crippen LogP contribution in [0.2, 0.25) is 0 Å². The molecule has 0 N–H and O–H groups in total. The van der Waals surface area contributed by atoms with Crippen LogP contribution >= 0.6 is 0 Å². The second-order valence-electron chi connectivity index (χ2n) is 6.39. The Morgan fingerprint density at radius 2 is 2.08 bits per heavy atom. The Morgan fingerprint density at radius 1 is 1.25 bits per heavy atom. The van der Waals surface area contributed by atoms with Gasteiger partial charge in [0, 0.05) is 31.4 Å². The van der Waals surface area contributed by atoms with Crippen LogP contribution in [-0.2, 0) is 13.0 Å². The first-order valence-corrected chi connectivity index (χ1v) is 8.81. The third-order valence-electron chi connectivity index (χ3n) is 4.43. The predicted octanol–water partition coefficient (Wildman–Crippen LogP) is 2.80.